The summed E-state index contributed by atoms with van der Waals surface area (Å²) in [5.41, 5.74) is -0.217. The third kappa shape index (κ3) is 2.82. The Morgan fingerprint density at radius 3 is 2.33 bits per heavy atom. The van der Waals surface area contributed by atoms with Gasteiger partial charge in [0.2, 0.25) is 16.3 Å². The molecule has 2 aromatic rings. The van der Waals surface area contributed by atoms with Gasteiger partial charge in [0.1, 0.15) is 0 Å². The molecule has 2 rings (SSSR count). The van der Waals surface area contributed by atoms with Crippen LogP contribution in [0, 0.1) is 10.1 Å². The van der Waals surface area contributed by atoms with Gasteiger partial charge in [0.05, 0.1) is 4.92 Å². The van der Waals surface area contributed by atoms with E-state index in [2.05, 4.69) is 15.0 Å². The normalized spacial score (nSPS) is 10.1. The van der Waals surface area contributed by atoms with Crippen molar-refractivity contribution in [2.24, 2.45) is 0 Å². The molecule has 7 nitrogen and oxygen atoms in total. The summed E-state index contributed by atoms with van der Waals surface area (Å²) >= 11 is 11.1. The summed E-state index contributed by atoms with van der Waals surface area (Å²) in [5, 5.41) is 10.4. The summed E-state index contributed by atoms with van der Waals surface area (Å²) in [6.07, 6.45) is 0. The molecule has 92 valence electrons. The number of rotatable bonds is 3. The molecule has 0 aliphatic carbocycles. The Morgan fingerprint density at radius 1 is 1.11 bits per heavy atom. The first kappa shape index (κ1) is 12.5. The Labute approximate surface area is 111 Å². The van der Waals surface area contributed by atoms with Crippen LogP contribution < -0.4 is 4.74 Å². The average molecular weight is 287 g/mol. The second-order valence-corrected chi connectivity index (χ2v) is 3.66. The van der Waals surface area contributed by atoms with E-state index in [-0.39, 0.29) is 28.0 Å². The van der Waals surface area contributed by atoms with Gasteiger partial charge in [0, 0.05) is 6.07 Å². The van der Waals surface area contributed by atoms with Gasteiger partial charge < -0.3 is 4.74 Å². The van der Waals surface area contributed by atoms with E-state index in [0.717, 1.165) is 0 Å². The Morgan fingerprint density at radius 2 is 1.72 bits per heavy atom. The summed E-state index contributed by atoms with van der Waals surface area (Å²) in [6.45, 7) is 0. The van der Waals surface area contributed by atoms with Crippen LogP contribution >= 0.6 is 23.2 Å². The standard InChI is InChI=1S/C9H4Cl2N4O3/c10-7-12-8(11)14-9(13-7)18-6-4-2-1-3-5(6)15(16)17/h1-4H. The Kier molecular flexibility index (Phi) is 3.54. The quantitative estimate of drug-likeness (QED) is 0.636. The highest BCUT2D eigenvalue weighted by Gasteiger charge is 2.16. The zero-order valence-corrected chi connectivity index (χ0v) is 10.1. The highest BCUT2D eigenvalue weighted by atomic mass is 35.5. The number of hydrogen-bond acceptors (Lipinski definition) is 6. The molecule has 0 bridgehead atoms. The summed E-state index contributed by atoms with van der Waals surface area (Å²) in [4.78, 5) is 21.0. The number of halogens is 2. The van der Waals surface area contributed by atoms with E-state index < -0.39 is 4.92 Å². The van der Waals surface area contributed by atoms with Gasteiger partial charge in [-0.25, -0.2) is 0 Å². The Hall–Kier alpha value is -1.99. The average Bonchev–Trinajstić information content (AvgIpc) is 2.27. The fraction of sp³-hybridized carbons (Fsp3) is 0. The van der Waals surface area contributed by atoms with E-state index in [1.165, 1.54) is 18.2 Å². The third-order valence-electron chi connectivity index (χ3n) is 1.82. The number of nitro benzene ring substituents is 1. The zero-order valence-electron chi connectivity index (χ0n) is 8.58. The topological polar surface area (TPSA) is 91.0 Å². The predicted octanol–water partition coefficient (Wildman–Crippen LogP) is 2.88. The monoisotopic (exact) mass is 286 g/mol. The lowest BCUT2D eigenvalue weighted by molar-refractivity contribution is -0.385. The van der Waals surface area contributed by atoms with Crippen molar-refractivity contribution in [1.82, 2.24) is 15.0 Å². The van der Waals surface area contributed by atoms with Crippen LogP contribution in [0.25, 0.3) is 0 Å². The van der Waals surface area contributed by atoms with E-state index in [1.54, 1.807) is 6.07 Å². The van der Waals surface area contributed by atoms with Crippen LogP contribution in [0.15, 0.2) is 24.3 Å². The SMILES string of the molecule is O=[N+]([O-])c1ccccc1Oc1nc(Cl)nc(Cl)n1. The molecule has 0 saturated carbocycles. The lowest BCUT2D eigenvalue weighted by Crippen LogP contribution is -1.98. The second kappa shape index (κ2) is 5.11. The predicted molar refractivity (Wildman–Crippen MR) is 63.0 cm³/mol. The minimum absolute atomic E-state index is 0.0131. The number of ether oxygens (including phenoxy) is 1. The first-order valence-corrected chi connectivity index (χ1v) is 5.30. The van der Waals surface area contributed by atoms with Crippen LogP contribution in [-0.4, -0.2) is 19.9 Å². The molecule has 18 heavy (non-hydrogen) atoms. The zero-order chi connectivity index (χ0) is 13.1. The molecule has 0 aliphatic rings. The van der Waals surface area contributed by atoms with Crippen molar-refractivity contribution in [2.45, 2.75) is 0 Å². The van der Waals surface area contributed by atoms with E-state index >= 15 is 0 Å². The van der Waals surface area contributed by atoms with Gasteiger partial charge in [-0.2, -0.15) is 15.0 Å². The Bertz CT molecular complexity index is 588. The molecule has 9 heteroatoms. The summed E-state index contributed by atoms with van der Waals surface area (Å²) in [6, 6.07) is 5.57. The minimum Gasteiger partial charge on any atom is -0.417 e. The maximum Gasteiger partial charge on any atom is 0.327 e. The molecular formula is C9H4Cl2N4O3. The van der Waals surface area contributed by atoms with E-state index in [4.69, 9.17) is 27.9 Å². The van der Waals surface area contributed by atoms with Crippen molar-refractivity contribution in [1.29, 1.82) is 0 Å². The van der Waals surface area contributed by atoms with E-state index in [9.17, 15) is 10.1 Å². The van der Waals surface area contributed by atoms with Gasteiger partial charge in [0.15, 0.2) is 0 Å². The van der Waals surface area contributed by atoms with Crippen molar-refractivity contribution in [3.8, 4) is 11.8 Å². The van der Waals surface area contributed by atoms with Crippen LogP contribution in [0.1, 0.15) is 0 Å². The number of hydrogen-bond donors (Lipinski definition) is 0. The van der Waals surface area contributed by atoms with Crippen molar-refractivity contribution in [3.05, 3.63) is 44.9 Å². The molecule has 1 aromatic heterocycles. The van der Waals surface area contributed by atoms with Gasteiger partial charge in [-0.05, 0) is 29.3 Å². The summed E-state index contributed by atoms with van der Waals surface area (Å²) in [5.74, 6) is -0.0131. The van der Waals surface area contributed by atoms with Crippen molar-refractivity contribution in [2.75, 3.05) is 0 Å². The first-order valence-electron chi connectivity index (χ1n) is 4.54. The molecule has 0 atom stereocenters. The molecule has 0 aliphatic heterocycles. The maximum absolute atomic E-state index is 10.8. The molecule has 0 radical (unpaired) electrons. The molecule has 1 aromatic carbocycles. The van der Waals surface area contributed by atoms with E-state index in [1.807, 2.05) is 0 Å². The molecule has 1 heterocycles. The number of nitro groups is 1. The van der Waals surface area contributed by atoms with Crippen LogP contribution in [0.3, 0.4) is 0 Å². The van der Waals surface area contributed by atoms with Crippen LogP contribution in [0.2, 0.25) is 10.6 Å². The fourth-order valence-corrected chi connectivity index (χ4v) is 1.50. The number of aromatic nitrogens is 3. The molecule has 0 unspecified atom stereocenters. The Balaban J connectivity index is 2.37. The highest BCUT2D eigenvalue weighted by Crippen LogP contribution is 2.29. The molecular weight excluding hydrogens is 283 g/mol. The second-order valence-electron chi connectivity index (χ2n) is 2.98. The number of benzene rings is 1. The lowest BCUT2D eigenvalue weighted by Gasteiger charge is -2.04. The van der Waals surface area contributed by atoms with Crippen molar-refractivity contribution in [3.63, 3.8) is 0 Å². The van der Waals surface area contributed by atoms with Gasteiger partial charge in [0.25, 0.3) is 0 Å². The van der Waals surface area contributed by atoms with Crippen LogP contribution in [-0.2, 0) is 0 Å². The summed E-state index contributed by atoms with van der Waals surface area (Å²) < 4.78 is 5.16. The molecule has 0 spiro atoms. The smallest absolute Gasteiger partial charge is 0.327 e. The highest BCUT2D eigenvalue weighted by molar-refractivity contribution is 6.31. The molecule has 0 saturated heterocycles. The van der Waals surface area contributed by atoms with Gasteiger partial charge in [-0.3, -0.25) is 10.1 Å². The first-order chi connectivity index (χ1) is 8.56. The van der Waals surface area contributed by atoms with Gasteiger partial charge >= 0.3 is 11.7 Å². The molecule has 0 fully saturated rings. The van der Waals surface area contributed by atoms with Crippen molar-refractivity contribution >= 4 is 28.9 Å². The van der Waals surface area contributed by atoms with Crippen LogP contribution in [0.4, 0.5) is 5.69 Å². The minimum atomic E-state index is -0.584. The van der Waals surface area contributed by atoms with E-state index in [0.29, 0.717) is 0 Å². The maximum atomic E-state index is 10.8. The van der Waals surface area contributed by atoms with Crippen LogP contribution in [0.5, 0.6) is 11.8 Å². The number of para-hydroxylation sites is 2. The van der Waals surface area contributed by atoms with Crippen molar-refractivity contribution < 1.29 is 9.66 Å². The molecule has 0 amide bonds. The molecule has 0 N–H and O–H groups in total. The fourth-order valence-electron chi connectivity index (χ4n) is 1.15. The van der Waals surface area contributed by atoms with Gasteiger partial charge in [-0.15, -0.1) is 0 Å². The van der Waals surface area contributed by atoms with Gasteiger partial charge in [-0.1, -0.05) is 12.1 Å². The third-order valence-corrected chi connectivity index (χ3v) is 2.16. The largest absolute Gasteiger partial charge is 0.417 e. The number of nitrogens with zero attached hydrogens (tertiary/aromatic N) is 4. The summed E-state index contributed by atoms with van der Waals surface area (Å²) in [7, 11) is 0. The lowest BCUT2D eigenvalue weighted by atomic mass is 10.3.